The van der Waals surface area contributed by atoms with Gasteiger partial charge in [0.1, 0.15) is 0 Å². The van der Waals surface area contributed by atoms with Crippen LogP contribution in [0, 0.1) is 17.2 Å². The van der Waals surface area contributed by atoms with Gasteiger partial charge in [-0.05, 0) is 44.2 Å². The van der Waals surface area contributed by atoms with Crippen LogP contribution in [0.15, 0.2) is 0 Å². The van der Waals surface area contributed by atoms with Crippen LogP contribution in [0.2, 0.25) is 0 Å². The van der Waals surface area contributed by atoms with E-state index in [1.165, 1.54) is 31.4 Å². The number of thioether (sulfide) groups is 1. The van der Waals surface area contributed by atoms with Crippen LogP contribution in [0.3, 0.4) is 0 Å². The molecular weight excluding hydrogens is 192 g/mol. The highest BCUT2D eigenvalue weighted by Crippen LogP contribution is 2.24. The molecule has 1 fully saturated rings. The Balaban J connectivity index is 2.03. The van der Waals surface area contributed by atoms with E-state index in [1.807, 2.05) is 11.8 Å². The monoisotopic (exact) mass is 212 g/mol. The van der Waals surface area contributed by atoms with E-state index >= 15 is 0 Å². The molecule has 0 aromatic carbocycles. The quantitative estimate of drug-likeness (QED) is 0.687. The number of unbranched alkanes of at least 4 members (excludes halogenated alkanes) is 1. The highest BCUT2D eigenvalue weighted by molar-refractivity contribution is 7.98. The van der Waals surface area contributed by atoms with E-state index in [2.05, 4.69) is 17.6 Å². The minimum Gasteiger partial charge on any atom is -0.313 e. The van der Waals surface area contributed by atoms with Gasteiger partial charge in [-0.3, -0.25) is 0 Å². The largest absolute Gasteiger partial charge is 0.313 e. The predicted octanol–water partition coefficient (Wildman–Crippen LogP) is 2.41. The van der Waals surface area contributed by atoms with Crippen molar-refractivity contribution in [2.45, 2.75) is 38.1 Å². The second-order valence-corrected chi connectivity index (χ2v) is 4.91. The third kappa shape index (κ3) is 3.89. The van der Waals surface area contributed by atoms with Crippen molar-refractivity contribution in [2.75, 3.05) is 18.6 Å². The van der Waals surface area contributed by atoms with Crippen LogP contribution in [-0.4, -0.2) is 24.6 Å². The molecule has 0 aliphatic heterocycles. The van der Waals surface area contributed by atoms with Crippen molar-refractivity contribution in [1.29, 1.82) is 5.26 Å². The summed E-state index contributed by atoms with van der Waals surface area (Å²) in [5, 5.41) is 12.4. The van der Waals surface area contributed by atoms with Gasteiger partial charge in [-0.15, -0.1) is 0 Å². The molecule has 0 aromatic rings. The smallest absolute Gasteiger partial charge is 0.0672 e. The summed E-state index contributed by atoms with van der Waals surface area (Å²) in [6, 6.07) is 2.88. The van der Waals surface area contributed by atoms with Crippen molar-refractivity contribution in [1.82, 2.24) is 5.32 Å². The van der Waals surface area contributed by atoms with Gasteiger partial charge in [0, 0.05) is 6.04 Å². The molecule has 2 nitrogen and oxygen atoms in total. The Kier molecular flexibility index (Phi) is 6.05. The summed E-state index contributed by atoms with van der Waals surface area (Å²) in [6.45, 7) is 1.09. The van der Waals surface area contributed by atoms with Gasteiger partial charge in [-0.1, -0.05) is 6.42 Å². The first kappa shape index (κ1) is 11.9. The number of hydrogen-bond acceptors (Lipinski definition) is 3. The van der Waals surface area contributed by atoms with Gasteiger partial charge in [0.2, 0.25) is 0 Å². The van der Waals surface area contributed by atoms with Crippen molar-refractivity contribution < 1.29 is 0 Å². The van der Waals surface area contributed by atoms with Gasteiger partial charge >= 0.3 is 0 Å². The number of hydrogen-bond donors (Lipinski definition) is 1. The van der Waals surface area contributed by atoms with Crippen LogP contribution < -0.4 is 5.32 Å². The second kappa shape index (κ2) is 7.14. The molecule has 80 valence electrons. The van der Waals surface area contributed by atoms with Crippen LogP contribution in [0.1, 0.15) is 32.1 Å². The van der Waals surface area contributed by atoms with E-state index in [0.717, 1.165) is 13.0 Å². The fourth-order valence-electron chi connectivity index (χ4n) is 2.02. The molecule has 0 saturated heterocycles. The Morgan fingerprint density at radius 3 is 3.00 bits per heavy atom. The number of nitriles is 1. The van der Waals surface area contributed by atoms with Gasteiger partial charge < -0.3 is 5.32 Å². The molecule has 0 spiro atoms. The molecule has 0 amide bonds. The highest BCUT2D eigenvalue weighted by Gasteiger charge is 2.25. The molecule has 1 saturated carbocycles. The highest BCUT2D eigenvalue weighted by atomic mass is 32.2. The topological polar surface area (TPSA) is 35.8 Å². The molecule has 1 aliphatic carbocycles. The lowest BCUT2D eigenvalue weighted by atomic mass is 10.1. The summed E-state index contributed by atoms with van der Waals surface area (Å²) in [5.41, 5.74) is 0. The summed E-state index contributed by atoms with van der Waals surface area (Å²) in [5.74, 6) is 1.53. The molecule has 14 heavy (non-hydrogen) atoms. The molecule has 2 atom stereocenters. The standard InChI is InChI=1S/C11H20N2S/c1-14-8-3-2-7-13-11-6-4-5-10(11)9-12/h10-11,13H,2-8H2,1H3. The average molecular weight is 212 g/mol. The molecule has 0 heterocycles. The van der Waals surface area contributed by atoms with Crippen molar-refractivity contribution in [2.24, 2.45) is 5.92 Å². The third-order valence-electron chi connectivity index (χ3n) is 2.86. The first-order valence-corrected chi connectivity index (χ1v) is 6.90. The Hall–Kier alpha value is -0.200. The van der Waals surface area contributed by atoms with E-state index in [0.29, 0.717) is 6.04 Å². The lowest BCUT2D eigenvalue weighted by Gasteiger charge is -2.14. The van der Waals surface area contributed by atoms with Crippen LogP contribution >= 0.6 is 11.8 Å². The summed E-state index contributed by atoms with van der Waals surface area (Å²) in [4.78, 5) is 0. The molecule has 2 unspecified atom stereocenters. The number of rotatable bonds is 6. The first-order chi connectivity index (χ1) is 6.88. The van der Waals surface area contributed by atoms with Crippen LogP contribution in [-0.2, 0) is 0 Å². The van der Waals surface area contributed by atoms with Crippen LogP contribution in [0.25, 0.3) is 0 Å². The van der Waals surface area contributed by atoms with E-state index in [1.54, 1.807) is 0 Å². The molecule has 1 N–H and O–H groups in total. The van der Waals surface area contributed by atoms with Crippen LogP contribution in [0.4, 0.5) is 0 Å². The van der Waals surface area contributed by atoms with Crippen molar-refractivity contribution in [3.8, 4) is 6.07 Å². The van der Waals surface area contributed by atoms with Gasteiger partial charge in [-0.2, -0.15) is 17.0 Å². The molecule has 1 rings (SSSR count). The molecule has 0 radical (unpaired) electrons. The van der Waals surface area contributed by atoms with E-state index in [9.17, 15) is 0 Å². The Morgan fingerprint density at radius 2 is 2.29 bits per heavy atom. The van der Waals surface area contributed by atoms with Gasteiger partial charge in [0.25, 0.3) is 0 Å². The van der Waals surface area contributed by atoms with Gasteiger partial charge in [0.15, 0.2) is 0 Å². The maximum atomic E-state index is 8.88. The fourth-order valence-corrected chi connectivity index (χ4v) is 2.51. The average Bonchev–Trinajstić information content (AvgIpc) is 2.65. The zero-order chi connectivity index (χ0) is 10.2. The Bertz CT molecular complexity index is 188. The molecule has 3 heteroatoms. The van der Waals surface area contributed by atoms with Crippen molar-refractivity contribution >= 4 is 11.8 Å². The van der Waals surface area contributed by atoms with Gasteiger partial charge in [-0.25, -0.2) is 0 Å². The zero-order valence-corrected chi connectivity index (χ0v) is 9.78. The number of nitrogens with one attached hydrogen (secondary N) is 1. The van der Waals surface area contributed by atoms with Crippen LogP contribution in [0.5, 0.6) is 0 Å². The normalized spacial score (nSPS) is 26.3. The summed E-state index contributed by atoms with van der Waals surface area (Å²) >= 11 is 1.91. The van der Waals surface area contributed by atoms with Gasteiger partial charge in [0.05, 0.1) is 12.0 Å². The molecular formula is C11H20N2S. The van der Waals surface area contributed by atoms with E-state index in [4.69, 9.17) is 5.26 Å². The summed E-state index contributed by atoms with van der Waals surface area (Å²) in [6.07, 6.45) is 8.20. The van der Waals surface area contributed by atoms with E-state index in [-0.39, 0.29) is 5.92 Å². The maximum Gasteiger partial charge on any atom is 0.0672 e. The van der Waals surface area contributed by atoms with Crippen molar-refractivity contribution in [3.05, 3.63) is 0 Å². The lowest BCUT2D eigenvalue weighted by molar-refractivity contribution is 0.460. The molecule has 0 aromatic heterocycles. The van der Waals surface area contributed by atoms with E-state index < -0.39 is 0 Å². The first-order valence-electron chi connectivity index (χ1n) is 5.50. The summed E-state index contributed by atoms with van der Waals surface area (Å²) in [7, 11) is 0. The minimum atomic E-state index is 0.274. The Morgan fingerprint density at radius 1 is 1.43 bits per heavy atom. The molecule has 0 bridgehead atoms. The lowest BCUT2D eigenvalue weighted by Crippen LogP contribution is -2.32. The number of nitrogens with zero attached hydrogens (tertiary/aromatic N) is 1. The fraction of sp³-hybridized carbons (Fsp3) is 0.909. The maximum absolute atomic E-state index is 8.88. The molecule has 1 aliphatic rings. The zero-order valence-electron chi connectivity index (χ0n) is 8.96. The third-order valence-corrected chi connectivity index (χ3v) is 3.56. The minimum absolute atomic E-state index is 0.274. The Labute approximate surface area is 91.4 Å². The predicted molar refractivity (Wildman–Crippen MR) is 62.4 cm³/mol. The SMILES string of the molecule is CSCCCCNC1CCCC1C#N. The summed E-state index contributed by atoms with van der Waals surface area (Å²) < 4.78 is 0. The van der Waals surface area contributed by atoms with Crippen molar-refractivity contribution in [3.63, 3.8) is 0 Å². The second-order valence-electron chi connectivity index (χ2n) is 3.93.